The molecule has 2 aromatic heterocycles. The van der Waals surface area contributed by atoms with Crippen LogP contribution in [-0.4, -0.2) is 15.0 Å². The summed E-state index contributed by atoms with van der Waals surface area (Å²) < 4.78 is 0. The molecule has 2 rings (SSSR count). The van der Waals surface area contributed by atoms with Gasteiger partial charge in [-0.3, -0.25) is 4.98 Å². The van der Waals surface area contributed by atoms with Crippen molar-refractivity contribution >= 4 is 11.6 Å². The predicted molar refractivity (Wildman–Crippen MR) is 55.0 cm³/mol. The van der Waals surface area contributed by atoms with Crippen molar-refractivity contribution in [1.82, 2.24) is 15.0 Å². The van der Waals surface area contributed by atoms with Crippen LogP contribution in [0.1, 0.15) is 5.56 Å². The molecule has 0 saturated carbocycles. The van der Waals surface area contributed by atoms with Gasteiger partial charge in [0.2, 0.25) is 0 Å². The van der Waals surface area contributed by atoms with Gasteiger partial charge in [0.25, 0.3) is 0 Å². The fourth-order valence-electron chi connectivity index (χ4n) is 1.06. The molecule has 14 heavy (non-hydrogen) atoms. The molecule has 0 N–H and O–H groups in total. The normalized spacial score (nSPS) is 10.1. The van der Waals surface area contributed by atoms with Crippen molar-refractivity contribution in [2.24, 2.45) is 0 Å². The average Bonchev–Trinajstić information content (AvgIpc) is 2.19. The molecule has 0 fully saturated rings. The summed E-state index contributed by atoms with van der Waals surface area (Å²) in [5.41, 5.74) is 1.84. The molecule has 0 amide bonds. The number of aromatic nitrogens is 3. The largest absolute Gasteiger partial charge is 0.253 e. The van der Waals surface area contributed by atoms with E-state index in [0.29, 0.717) is 11.0 Å². The molecule has 0 radical (unpaired) electrons. The fourth-order valence-corrected chi connectivity index (χ4v) is 1.20. The summed E-state index contributed by atoms with van der Waals surface area (Å²) >= 11 is 5.75. The minimum Gasteiger partial charge on any atom is -0.253 e. The smallest absolute Gasteiger partial charge is 0.179 e. The van der Waals surface area contributed by atoms with E-state index in [2.05, 4.69) is 15.0 Å². The molecule has 0 saturated heterocycles. The van der Waals surface area contributed by atoms with E-state index in [-0.39, 0.29) is 0 Å². The zero-order chi connectivity index (χ0) is 9.97. The number of rotatable bonds is 1. The van der Waals surface area contributed by atoms with Crippen LogP contribution in [0.2, 0.25) is 5.15 Å². The second-order valence-electron chi connectivity index (χ2n) is 2.92. The SMILES string of the molecule is Cc1ccc(-c2nccc(Cl)n2)nc1. The van der Waals surface area contributed by atoms with Crippen LogP contribution in [0.25, 0.3) is 11.5 Å². The molecule has 3 nitrogen and oxygen atoms in total. The first-order valence-corrected chi connectivity index (χ1v) is 4.55. The summed E-state index contributed by atoms with van der Waals surface area (Å²) in [5, 5.41) is 0.428. The number of halogens is 1. The lowest BCUT2D eigenvalue weighted by molar-refractivity contribution is 1.13. The first kappa shape index (κ1) is 9.09. The number of pyridine rings is 1. The van der Waals surface area contributed by atoms with Crippen LogP contribution in [0, 0.1) is 6.92 Å². The van der Waals surface area contributed by atoms with E-state index >= 15 is 0 Å². The van der Waals surface area contributed by atoms with Crippen molar-refractivity contribution in [3.8, 4) is 11.5 Å². The topological polar surface area (TPSA) is 38.7 Å². The Morgan fingerprint density at radius 2 is 2.00 bits per heavy atom. The van der Waals surface area contributed by atoms with E-state index in [4.69, 9.17) is 11.6 Å². The Hall–Kier alpha value is -1.48. The first-order chi connectivity index (χ1) is 6.75. The third-order valence-electron chi connectivity index (χ3n) is 1.76. The standard InChI is InChI=1S/C10H8ClN3/c1-7-2-3-8(13-6-7)10-12-5-4-9(11)14-10/h2-6H,1H3. The summed E-state index contributed by atoms with van der Waals surface area (Å²) in [5.74, 6) is 0.553. The average molecular weight is 206 g/mol. The molecule has 0 aliphatic heterocycles. The Morgan fingerprint density at radius 1 is 1.14 bits per heavy atom. The second kappa shape index (κ2) is 3.72. The molecular weight excluding hydrogens is 198 g/mol. The Kier molecular flexibility index (Phi) is 2.41. The maximum Gasteiger partial charge on any atom is 0.179 e. The van der Waals surface area contributed by atoms with Crippen LogP contribution >= 0.6 is 11.6 Å². The van der Waals surface area contributed by atoms with E-state index in [1.165, 1.54) is 0 Å². The Balaban J connectivity index is 2.44. The molecule has 0 aliphatic rings. The molecule has 0 atom stereocenters. The fraction of sp³-hybridized carbons (Fsp3) is 0.100. The van der Waals surface area contributed by atoms with Gasteiger partial charge in [-0.1, -0.05) is 17.7 Å². The molecule has 0 aromatic carbocycles. The van der Waals surface area contributed by atoms with Gasteiger partial charge in [0.15, 0.2) is 5.82 Å². The second-order valence-corrected chi connectivity index (χ2v) is 3.31. The zero-order valence-corrected chi connectivity index (χ0v) is 8.36. The number of nitrogens with zero attached hydrogens (tertiary/aromatic N) is 3. The van der Waals surface area contributed by atoms with Crippen LogP contribution in [0.3, 0.4) is 0 Å². The van der Waals surface area contributed by atoms with Gasteiger partial charge in [0.1, 0.15) is 10.8 Å². The molecule has 0 aliphatic carbocycles. The third kappa shape index (κ3) is 1.88. The maximum absolute atomic E-state index is 5.75. The number of hydrogen-bond donors (Lipinski definition) is 0. The summed E-state index contributed by atoms with van der Waals surface area (Å²) in [4.78, 5) is 12.4. The van der Waals surface area contributed by atoms with E-state index in [0.717, 1.165) is 11.3 Å². The highest BCUT2D eigenvalue weighted by atomic mass is 35.5. The highest BCUT2D eigenvalue weighted by Gasteiger charge is 2.01. The van der Waals surface area contributed by atoms with E-state index in [1.807, 2.05) is 19.1 Å². The van der Waals surface area contributed by atoms with Crippen LogP contribution in [0.4, 0.5) is 0 Å². The summed E-state index contributed by atoms with van der Waals surface area (Å²) in [7, 11) is 0. The van der Waals surface area contributed by atoms with Gasteiger partial charge in [-0.05, 0) is 24.6 Å². The number of hydrogen-bond acceptors (Lipinski definition) is 3. The van der Waals surface area contributed by atoms with Crippen LogP contribution in [-0.2, 0) is 0 Å². The molecule has 0 spiro atoms. The van der Waals surface area contributed by atoms with Gasteiger partial charge < -0.3 is 0 Å². The van der Waals surface area contributed by atoms with Crippen LogP contribution < -0.4 is 0 Å². The van der Waals surface area contributed by atoms with Gasteiger partial charge in [0, 0.05) is 12.4 Å². The molecule has 0 bridgehead atoms. The molecular formula is C10H8ClN3. The first-order valence-electron chi connectivity index (χ1n) is 4.17. The van der Waals surface area contributed by atoms with Gasteiger partial charge in [-0.25, -0.2) is 9.97 Å². The molecule has 0 unspecified atom stereocenters. The minimum absolute atomic E-state index is 0.428. The van der Waals surface area contributed by atoms with Crippen molar-refractivity contribution in [2.45, 2.75) is 6.92 Å². The minimum atomic E-state index is 0.428. The highest BCUT2D eigenvalue weighted by Crippen LogP contribution is 2.13. The highest BCUT2D eigenvalue weighted by molar-refractivity contribution is 6.29. The molecule has 2 aromatic rings. The maximum atomic E-state index is 5.75. The van der Waals surface area contributed by atoms with E-state index < -0.39 is 0 Å². The lowest BCUT2D eigenvalue weighted by Crippen LogP contribution is -1.91. The molecule has 2 heterocycles. The van der Waals surface area contributed by atoms with Crippen molar-refractivity contribution in [3.63, 3.8) is 0 Å². The summed E-state index contributed by atoms with van der Waals surface area (Å²) in [6.45, 7) is 1.98. The van der Waals surface area contributed by atoms with Crippen molar-refractivity contribution < 1.29 is 0 Å². The molecule has 70 valence electrons. The van der Waals surface area contributed by atoms with Crippen LogP contribution in [0.5, 0.6) is 0 Å². The monoisotopic (exact) mass is 205 g/mol. The van der Waals surface area contributed by atoms with Gasteiger partial charge in [-0.15, -0.1) is 0 Å². The Bertz CT molecular complexity index is 439. The van der Waals surface area contributed by atoms with Gasteiger partial charge in [0.05, 0.1) is 0 Å². The van der Waals surface area contributed by atoms with Crippen LogP contribution in [0.15, 0.2) is 30.6 Å². The summed E-state index contributed by atoms with van der Waals surface area (Å²) in [6.07, 6.45) is 3.39. The van der Waals surface area contributed by atoms with E-state index in [1.54, 1.807) is 18.5 Å². The van der Waals surface area contributed by atoms with Gasteiger partial charge >= 0.3 is 0 Å². The van der Waals surface area contributed by atoms with Gasteiger partial charge in [-0.2, -0.15) is 0 Å². The lowest BCUT2D eigenvalue weighted by Gasteiger charge is -1.99. The van der Waals surface area contributed by atoms with Crippen molar-refractivity contribution in [1.29, 1.82) is 0 Å². The third-order valence-corrected chi connectivity index (χ3v) is 1.97. The van der Waals surface area contributed by atoms with Crippen molar-refractivity contribution in [2.75, 3.05) is 0 Å². The quantitative estimate of drug-likeness (QED) is 0.672. The number of aryl methyl sites for hydroxylation is 1. The Morgan fingerprint density at radius 3 is 2.64 bits per heavy atom. The Labute approximate surface area is 86.8 Å². The van der Waals surface area contributed by atoms with Crippen molar-refractivity contribution in [3.05, 3.63) is 41.3 Å². The predicted octanol–water partition coefficient (Wildman–Crippen LogP) is 2.50. The zero-order valence-electron chi connectivity index (χ0n) is 7.61. The molecule has 4 heteroatoms. The summed E-state index contributed by atoms with van der Waals surface area (Å²) in [6, 6.07) is 5.48. The lowest BCUT2D eigenvalue weighted by atomic mass is 10.2. The van der Waals surface area contributed by atoms with E-state index in [9.17, 15) is 0 Å².